The largest absolute Gasteiger partial charge is 0.492 e. The van der Waals surface area contributed by atoms with Gasteiger partial charge in [-0.3, -0.25) is 0 Å². The summed E-state index contributed by atoms with van der Waals surface area (Å²) in [5.41, 5.74) is 0. The van der Waals surface area contributed by atoms with Crippen molar-refractivity contribution in [2.24, 2.45) is 0 Å². The topological polar surface area (TPSA) is 44.8 Å². The number of esters is 1. The molecule has 0 bridgehead atoms. The second kappa shape index (κ2) is 5.60. The molecular formula is C10H11BrO4. The maximum absolute atomic E-state index is 10.9. The number of halogens is 1. The van der Waals surface area contributed by atoms with E-state index in [4.69, 9.17) is 9.47 Å². The molecule has 0 spiro atoms. The van der Waals surface area contributed by atoms with Crippen molar-refractivity contribution >= 4 is 21.9 Å². The summed E-state index contributed by atoms with van der Waals surface area (Å²) < 4.78 is 15.6. The van der Waals surface area contributed by atoms with Crippen LogP contribution in [0.4, 0.5) is 0 Å². The van der Waals surface area contributed by atoms with Crippen LogP contribution in [0.2, 0.25) is 0 Å². The second-order valence-electron chi connectivity index (χ2n) is 2.64. The van der Waals surface area contributed by atoms with Gasteiger partial charge in [0, 0.05) is 0 Å². The molecule has 5 heteroatoms. The lowest BCUT2D eigenvalue weighted by atomic mass is 10.3. The minimum atomic E-state index is -0.433. The molecule has 0 unspecified atom stereocenters. The van der Waals surface area contributed by atoms with Crippen LogP contribution in [0.15, 0.2) is 22.7 Å². The Balaban J connectivity index is 2.76. The van der Waals surface area contributed by atoms with Crippen LogP contribution in [0.25, 0.3) is 0 Å². The van der Waals surface area contributed by atoms with Gasteiger partial charge in [0.15, 0.2) is 18.1 Å². The predicted molar refractivity (Wildman–Crippen MR) is 58.2 cm³/mol. The molecule has 0 saturated carbocycles. The fourth-order valence-corrected chi connectivity index (χ4v) is 1.51. The summed E-state index contributed by atoms with van der Waals surface area (Å²) >= 11 is 3.31. The van der Waals surface area contributed by atoms with Crippen LogP contribution < -0.4 is 9.47 Å². The summed E-state index contributed by atoms with van der Waals surface area (Å²) in [5, 5.41) is 0. The monoisotopic (exact) mass is 274 g/mol. The van der Waals surface area contributed by atoms with Gasteiger partial charge in [-0.05, 0) is 28.1 Å². The molecule has 0 aliphatic rings. The summed E-state index contributed by atoms with van der Waals surface area (Å²) in [6, 6.07) is 5.33. The average molecular weight is 275 g/mol. The molecule has 1 rings (SSSR count). The maximum atomic E-state index is 10.9. The molecule has 0 radical (unpaired) electrons. The van der Waals surface area contributed by atoms with Gasteiger partial charge in [0.05, 0.1) is 18.7 Å². The Bertz CT molecular complexity index is 351. The van der Waals surface area contributed by atoms with Crippen molar-refractivity contribution in [3.63, 3.8) is 0 Å². The van der Waals surface area contributed by atoms with Gasteiger partial charge in [-0.15, -0.1) is 0 Å². The lowest BCUT2D eigenvalue weighted by Gasteiger charge is -2.10. The van der Waals surface area contributed by atoms with E-state index in [0.29, 0.717) is 11.5 Å². The third kappa shape index (κ3) is 3.13. The fraction of sp³-hybridized carbons (Fsp3) is 0.300. The third-order valence-electron chi connectivity index (χ3n) is 1.71. The second-order valence-corrected chi connectivity index (χ2v) is 3.49. The SMILES string of the molecule is COC(=O)COc1cccc(Br)c1OC. The Labute approximate surface area is 96.3 Å². The molecule has 82 valence electrons. The average Bonchev–Trinajstić information content (AvgIpc) is 2.25. The fourth-order valence-electron chi connectivity index (χ4n) is 0.996. The van der Waals surface area contributed by atoms with E-state index < -0.39 is 5.97 Å². The first kappa shape index (κ1) is 11.8. The number of methoxy groups -OCH3 is 2. The van der Waals surface area contributed by atoms with Crippen LogP contribution in [-0.2, 0) is 9.53 Å². The first-order valence-electron chi connectivity index (χ1n) is 4.21. The molecule has 15 heavy (non-hydrogen) atoms. The zero-order valence-corrected chi connectivity index (χ0v) is 10.0. The van der Waals surface area contributed by atoms with Crippen LogP contribution in [0, 0.1) is 0 Å². The summed E-state index contributed by atoms with van der Waals surface area (Å²) in [4.78, 5) is 10.9. The highest BCUT2D eigenvalue weighted by atomic mass is 79.9. The van der Waals surface area contributed by atoms with E-state index in [-0.39, 0.29) is 6.61 Å². The molecule has 1 aromatic rings. The highest BCUT2D eigenvalue weighted by Gasteiger charge is 2.09. The van der Waals surface area contributed by atoms with E-state index in [2.05, 4.69) is 20.7 Å². The molecule has 0 N–H and O–H groups in total. The van der Waals surface area contributed by atoms with Gasteiger partial charge in [0.25, 0.3) is 0 Å². The van der Waals surface area contributed by atoms with Crippen molar-refractivity contribution in [1.29, 1.82) is 0 Å². The van der Waals surface area contributed by atoms with Crippen LogP contribution in [0.1, 0.15) is 0 Å². The predicted octanol–water partition coefficient (Wildman–Crippen LogP) is 2.01. The molecular weight excluding hydrogens is 264 g/mol. The van der Waals surface area contributed by atoms with Gasteiger partial charge in [-0.2, -0.15) is 0 Å². The Morgan fingerprint density at radius 2 is 2.13 bits per heavy atom. The van der Waals surface area contributed by atoms with Gasteiger partial charge in [0.1, 0.15) is 0 Å². The molecule has 1 aromatic carbocycles. The number of ether oxygens (including phenoxy) is 3. The first-order chi connectivity index (χ1) is 7.19. The standard InChI is InChI=1S/C10H11BrO4/c1-13-9(12)6-15-8-5-3-4-7(11)10(8)14-2/h3-5H,6H2,1-2H3. The maximum Gasteiger partial charge on any atom is 0.343 e. The van der Waals surface area contributed by atoms with Crippen LogP contribution in [0.5, 0.6) is 11.5 Å². The van der Waals surface area contributed by atoms with Crippen molar-refractivity contribution < 1.29 is 19.0 Å². The molecule has 0 atom stereocenters. The van der Waals surface area contributed by atoms with Gasteiger partial charge >= 0.3 is 5.97 Å². The highest BCUT2D eigenvalue weighted by Crippen LogP contribution is 2.34. The quantitative estimate of drug-likeness (QED) is 0.788. The number of hydrogen-bond donors (Lipinski definition) is 0. The zero-order valence-electron chi connectivity index (χ0n) is 8.45. The van der Waals surface area contributed by atoms with Crippen molar-refractivity contribution in [3.8, 4) is 11.5 Å². The van der Waals surface area contributed by atoms with Gasteiger partial charge < -0.3 is 14.2 Å². The number of benzene rings is 1. The summed E-state index contributed by atoms with van der Waals surface area (Å²) in [6.45, 7) is -0.136. The molecule has 0 aromatic heterocycles. The molecule has 4 nitrogen and oxygen atoms in total. The highest BCUT2D eigenvalue weighted by molar-refractivity contribution is 9.10. The van der Waals surface area contributed by atoms with E-state index in [1.165, 1.54) is 14.2 Å². The number of carbonyl (C=O) groups excluding carboxylic acids is 1. The first-order valence-corrected chi connectivity index (χ1v) is 5.00. The Morgan fingerprint density at radius 1 is 1.40 bits per heavy atom. The van der Waals surface area contributed by atoms with Crippen LogP contribution in [-0.4, -0.2) is 26.8 Å². The Hall–Kier alpha value is -1.23. The number of rotatable bonds is 4. The van der Waals surface area contributed by atoms with E-state index in [0.717, 1.165) is 4.47 Å². The number of para-hydroxylation sites is 1. The summed E-state index contributed by atoms with van der Waals surface area (Å²) in [5.74, 6) is 0.621. The van der Waals surface area contributed by atoms with E-state index in [1.807, 2.05) is 6.07 Å². The van der Waals surface area contributed by atoms with E-state index in [1.54, 1.807) is 12.1 Å². The van der Waals surface area contributed by atoms with Gasteiger partial charge in [-0.25, -0.2) is 4.79 Å². The molecule has 0 aliphatic carbocycles. The van der Waals surface area contributed by atoms with Gasteiger partial charge in [-0.1, -0.05) is 6.07 Å². The minimum Gasteiger partial charge on any atom is -0.492 e. The molecule has 0 fully saturated rings. The number of carbonyl (C=O) groups is 1. The third-order valence-corrected chi connectivity index (χ3v) is 2.33. The Kier molecular flexibility index (Phi) is 4.42. The lowest BCUT2D eigenvalue weighted by molar-refractivity contribution is -0.142. The Morgan fingerprint density at radius 3 is 2.73 bits per heavy atom. The minimum absolute atomic E-state index is 0.136. The number of hydrogen-bond acceptors (Lipinski definition) is 4. The normalized spacial score (nSPS) is 9.53. The van der Waals surface area contributed by atoms with Crippen molar-refractivity contribution in [2.45, 2.75) is 0 Å². The van der Waals surface area contributed by atoms with Gasteiger partial charge in [0.2, 0.25) is 0 Å². The molecule has 0 amide bonds. The zero-order chi connectivity index (χ0) is 11.3. The summed E-state index contributed by atoms with van der Waals surface area (Å²) in [6.07, 6.45) is 0. The van der Waals surface area contributed by atoms with Crippen LogP contribution in [0.3, 0.4) is 0 Å². The molecule has 0 aliphatic heterocycles. The lowest BCUT2D eigenvalue weighted by Crippen LogP contribution is -2.12. The van der Waals surface area contributed by atoms with Crippen molar-refractivity contribution in [1.82, 2.24) is 0 Å². The van der Waals surface area contributed by atoms with Crippen molar-refractivity contribution in [2.75, 3.05) is 20.8 Å². The van der Waals surface area contributed by atoms with E-state index in [9.17, 15) is 4.79 Å². The van der Waals surface area contributed by atoms with Crippen molar-refractivity contribution in [3.05, 3.63) is 22.7 Å². The molecule has 0 saturated heterocycles. The van der Waals surface area contributed by atoms with Crippen LogP contribution >= 0.6 is 15.9 Å². The molecule has 0 heterocycles. The van der Waals surface area contributed by atoms with E-state index >= 15 is 0 Å². The summed E-state index contributed by atoms with van der Waals surface area (Å²) in [7, 11) is 2.84. The smallest absolute Gasteiger partial charge is 0.343 e.